The normalized spacial score (nSPS) is 12.0. The number of sulfonamides is 1. The Kier molecular flexibility index (Phi) is 5.11. The van der Waals surface area contributed by atoms with Gasteiger partial charge < -0.3 is 9.64 Å². The summed E-state index contributed by atoms with van der Waals surface area (Å²) in [6.07, 6.45) is 1.49. The van der Waals surface area contributed by atoms with Crippen LogP contribution in [0.3, 0.4) is 0 Å². The van der Waals surface area contributed by atoms with Gasteiger partial charge in [0, 0.05) is 12.8 Å². The first-order valence-electron chi connectivity index (χ1n) is 5.28. The molecule has 18 heavy (non-hydrogen) atoms. The van der Waals surface area contributed by atoms with Crippen molar-refractivity contribution in [3.63, 3.8) is 0 Å². The molecule has 1 aromatic rings. The van der Waals surface area contributed by atoms with Crippen molar-refractivity contribution >= 4 is 16.2 Å². The summed E-state index contributed by atoms with van der Waals surface area (Å²) in [7, 11) is 1.65. The second-order valence-electron chi connectivity index (χ2n) is 3.84. The summed E-state index contributed by atoms with van der Waals surface area (Å²) in [5.74, 6) is 0.602. The Morgan fingerprint density at radius 1 is 1.33 bits per heavy atom. The van der Waals surface area contributed by atoms with Gasteiger partial charge in [-0.05, 0) is 38.4 Å². The zero-order valence-corrected chi connectivity index (χ0v) is 11.4. The Morgan fingerprint density at radius 2 is 1.94 bits per heavy atom. The standard InChI is InChI=1S/C11H17N3O3S/c1-14(2)9-8-12-13-18(15,16)11-6-4-10(17-3)5-7-11/h4-8,13H,9H2,1-3H3/b12-8+. The molecule has 0 atom stereocenters. The fourth-order valence-electron chi connectivity index (χ4n) is 1.12. The van der Waals surface area contributed by atoms with Gasteiger partial charge in [0.1, 0.15) is 5.75 Å². The second kappa shape index (κ2) is 6.36. The number of ether oxygens (including phenoxy) is 1. The van der Waals surface area contributed by atoms with Gasteiger partial charge in [-0.25, -0.2) is 4.83 Å². The highest BCUT2D eigenvalue weighted by Crippen LogP contribution is 2.14. The van der Waals surface area contributed by atoms with Gasteiger partial charge in [-0.15, -0.1) is 0 Å². The summed E-state index contributed by atoms with van der Waals surface area (Å²) >= 11 is 0. The van der Waals surface area contributed by atoms with Crippen LogP contribution in [0.1, 0.15) is 0 Å². The van der Waals surface area contributed by atoms with Crippen molar-refractivity contribution in [3.8, 4) is 5.75 Å². The summed E-state index contributed by atoms with van der Waals surface area (Å²) in [5, 5.41) is 3.67. The molecule has 1 aromatic carbocycles. The van der Waals surface area contributed by atoms with Crippen molar-refractivity contribution in [1.82, 2.24) is 9.73 Å². The average Bonchev–Trinajstić information content (AvgIpc) is 2.34. The van der Waals surface area contributed by atoms with Crippen LogP contribution in [-0.2, 0) is 10.0 Å². The number of benzene rings is 1. The van der Waals surface area contributed by atoms with Crippen LogP contribution in [0.5, 0.6) is 5.75 Å². The number of hydrogen-bond acceptors (Lipinski definition) is 5. The SMILES string of the molecule is COc1ccc(S(=O)(=O)N/N=C/CN(C)C)cc1. The maximum atomic E-state index is 11.8. The lowest BCUT2D eigenvalue weighted by atomic mass is 10.3. The molecule has 100 valence electrons. The Balaban J connectivity index is 2.70. The zero-order valence-electron chi connectivity index (χ0n) is 10.6. The molecule has 1 N–H and O–H groups in total. The summed E-state index contributed by atoms with van der Waals surface area (Å²) in [6.45, 7) is 0.561. The molecule has 1 rings (SSSR count). The van der Waals surface area contributed by atoms with Crippen LogP contribution < -0.4 is 9.57 Å². The maximum Gasteiger partial charge on any atom is 0.276 e. The van der Waals surface area contributed by atoms with E-state index in [-0.39, 0.29) is 4.90 Å². The van der Waals surface area contributed by atoms with Gasteiger partial charge in [0.15, 0.2) is 0 Å². The third-order valence-electron chi connectivity index (χ3n) is 2.08. The van der Waals surface area contributed by atoms with Crippen LogP contribution in [0.4, 0.5) is 0 Å². The van der Waals surface area contributed by atoms with Crippen LogP contribution in [0.2, 0.25) is 0 Å². The fourth-order valence-corrected chi connectivity index (χ4v) is 1.93. The average molecular weight is 271 g/mol. The Labute approximate surface area is 107 Å². The van der Waals surface area contributed by atoms with Crippen molar-refractivity contribution in [2.24, 2.45) is 5.10 Å². The van der Waals surface area contributed by atoms with Crippen molar-refractivity contribution in [2.75, 3.05) is 27.7 Å². The lowest BCUT2D eigenvalue weighted by molar-refractivity contribution is 0.414. The highest BCUT2D eigenvalue weighted by Gasteiger charge is 2.12. The van der Waals surface area contributed by atoms with Gasteiger partial charge in [-0.1, -0.05) is 0 Å². The molecule has 0 aliphatic carbocycles. The third kappa shape index (κ3) is 4.34. The van der Waals surface area contributed by atoms with E-state index in [0.717, 1.165) is 0 Å². The molecule has 0 saturated heterocycles. The van der Waals surface area contributed by atoms with E-state index < -0.39 is 10.0 Å². The van der Waals surface area contributed by atoms with Gasteiger partial charge in [0.25, 0.3) is 10.0 Å². The molecule has 0 radical (unpaired) electrons. The molecule has 0 aliphatic rings. The Morgan fingerprint density at radius 3 is 2.44 bits per heavy atom. The topological polar surface area (TPSA) is 71.0 Å². The van der Waals surface area contributed by atoms with Gasteiger partial charge in [-0.3, -0.25) is 0 Å². The lowest BCUT2D eigenvalue weighted by Gasteiger charge is -2.06. The van der Waals surface area contributed by atoms with Crippen LogP contribution >= 0.6 is 0 Å². The molecule has 0 amide bonds. The van der Waals surface area contributed by atoms with E-state index in [1.807, 2.05) is 19.0 Å². The molecule has 0 bridgehead atoms. The number of methoxy groups -OCH3 is 1. The van der Waals surface area contributed by atoms with Gasteiger partial charge in [0.05, 0.1) is 12.0 Å². The maximum absolute atomic E-state index is 11.8. The fraction of sp³-hybridized carbons (Fsp3) is 0.364. The molecule has 0 unspecified atom stereocenters. The molecule has 7 heteroatoms. The van der Waals surface area contributed by atoms with E-state index in [1.54, 1.807) is 12.1 Å². The first-order valence-corrected chi connectivity index (χ1v) is 6.76. The predicted molar refractivity (Wildman–Crippen MR) is 70.4 cm³/mol. The number of hydrazone groups is 1. The molecule has 0 spiro atoms. The molecule has 0 aromatic heterocycles. The van der Waals surface area contributed by atoms with Crippen LogP contribution in [0, 0.1) is 0 Å². The number of hydrogen-bond donors (Lipinski definition) is 1. The molecule has 0 saturated carbocycles. The Bertz CT molecular complexity index is 495. The Hall–Kier alpha value is -1.60. The predicted octanol–water partition coefficient (Wildman–Crippen LogP) is 0.521. The molecule has 6 nitrogen and oxygen atoms in total. The summed E-state index contributed by atoms with van der Waals surface area (Å²) < 4.78 is 28.6. The van der Waals surface area contributed by atoms with Crippen molar-refractivity contribution in [3.05, 3.63) is 24.3 Å². The number of nitrogens with zero attached hydrogens (tertiary/aromatic N) is 2. The largest absolute Gasteiger partial charge is 0.497 e. The number of nitrogens with one attached hydrogen (secondary N) is 1. The minimum atomic E-state index is -3.61. The summed E-state index contributed by atoms with van der Waals surface area (Å²) in [6, 6.07) is 6.08. The van der Waals surface area contributed by atoms with Crippen LogP contribution in [0.25, 0.3) is 0 Å². The van der Waals surface area contributed by atoms with Gasteiger partial charge in [-0.2, -0.15) is 13.5 Å². The van der Waals surface area contributed by atoms with Crippen LogP contribution in [0.15, 0.2) is 34.3 Å². The third-order valence-corrected chi connectivity index (χ3v) is 3.32. The van der Waals surface area contributed by atoms with E-state index in [4.69, 9.17) is 4.74 Å². The zero-order chi connectivity index (χ0) is 13.6. The lowest BCUT2D eigenvalue weighted by Crippen LogP contribution is -2.20. The van der Waals surface area contributed by atoms with Crippen LogP contribution in [-0.4, -0.2) is 47.3 Å². The monoisotopic (exact) mass is 271 g/mol. The summed E-state index contributed by atoms with van der Waals surface area (Å²) in [5.41, 5.74) is 0. The van der Waals surface area contributed by atoms with E-state index >= 15 is 0 Å². The first kappa shape index (κ1) is 14.5. The van der Waals surface area contributed by atoms with E-state index in [1.165, 1.54) is 25.5 Å². The minimum Gasteiger partial charge on any atom is -0.497 e. The van der Waals surface area contributed by atoms with Crippen molar-refractivity contribution < 1.29 is 13.2 Å². The molecular formula is C11H17N3O3S. The van der Waals surface area contributed by atoms with E-state index in [9.17, 15) is 8.42 Å². The minimum absolute atomic E-state index is 0.144. The highest BCUT2D eigenvalue weighted by atomic mass is 32.2. The van der Waals surface area contributed by atoms with Crippen molar-refractivity contribution in [2.45, 2.75) is 4.90 Å². The van der Waals surface area contributed by atoms with Gasteiger partial charge >= 0.3 is 0 Å². The smallest absolute Gasteiger partial charge is 0.276 e. The first-order chi connectivity index (χ1) is 8.45. The van der Waals surface area contributed by atoms with Gasteiger partial charge in [0.2, 0.25) is 0 Å². The quantitative estimate of drug-likeness (QED) is 0.605. The van der Waals surface area contributed by atoms with E-state index in [2.05, 4.69) is 9.93 Å². The highest BCUT2D eigenvalue weighted by molar-refractivity contribution is 7.89. The van der Waals surface area contributed by atoms with E-state index in [0.29, 0.717) is 12.3 Å². The van der Waals surface area contributed by atoms with Crippen molar-refractivity contribution in [1.29, 1.82) is 0 Å². The second-order valence-corrected chi connectivity index (χ2v) is 5.51. The molecular weight excluding hydrogens is 254 g/mol. The molecule has 0 fully saturated rings. The molecule has 0 aliphatic heterocycles. The molecule has 0 heterocycles. The number of rotatable bonds is 6. The summed E-state index contributed by atoms with van der Waals surface area (Å²) in [4.78, 5) is 4.15.